The monoisotopic (exact) mass is 376 g/mol. The second-order valence-electron chi connectivity index (χ2n) is 7.36. The Kier molecular flexibility index (Phi) is 6.01. The first-order chi connectivity index (χ1) is 13.0. The van der Waals surface area contributed by atoms with Crippen LogP contribution in [0, 0.1) is 5.92 Å². The maximum atomic E-state index is 11.8. The number of aliphatic carboxylic acids is 1. The summed E-state index contributed by atoms with van der Waals surface area (Å²) >= 11 is 0. The van der Waals surface area contributed by atoms with Gasteiger partial charge in [-0.25, -0.2) is 0 Å². The number of rotatable bonds is 7. The molecule has 2 aliphatic rings. The fourth-order valence-electron chi connectivity index (χ4n) is 4.22. The van der Waals surface area contributed by atoms with Gasteiger partial charge in [0.1, 0.15) is 5.75 Å². The Balaban J connectivity index is 1.64. The fourth-order valence-corrected chi connectivity index (χ4v) is 4.22. The van der Waals surface area contributed by atoms with Crippen LogP contribution >= 0.6 is 0 Å². The summed E-state index contributed by atoms with van der Waals surface area (Å²) in [7, 11) is 1.66. The molecule has 1 amide bonds. The van der Waals surface area contributed by atoms with Crippen LogP contribution in [0.4, 0.5) is 0 Å². The number of carboxylic acids is 1. The van der Waals surface area contributed by atoms with E-state index in [0.29, 0.717) is 26.1 Å². The number of benzene rings is 1. The molecule has 1 aromatic carbocycles. The van der Waals surface area contributed by atoms with Crippen molar-refractivity contribution in [1.82, 2.24) is 10.2 Å². The van der Waals surface area contributed by atoms with Gasteiger partial charge in [0, 0.05) is 38.2 Å². The molecule has 2 saturated heterocycles. The number of hydrogen-bond acceptors (Lipinski definition) is 5. The van der Waals surface area contributed by atoms with Gasteiger partial charge in [0.2, 0.25) is 5.91 Å². The summed E-state index contributed by atoms with van der Waals surface area (Å²) in [5.41, 5.74) is 1.62. The average molecular weight is 376 g/mol. The van der Waals surface area contributed by atoms with Gasteiger partial charge >= 0.3 is 5.97 Å². The molecule has 0 bridgehead atoms. The maximum Gasteiger partial charge on any atom is 0.309 e. The third-order valence-corrected chi connectivity index (χ3v) is 5.70. The van der Waals surface area contributed by atoms with E-state index >= 15 is 0 Å². The number of methoxy groups -OCH3 is 1. The lowest BCUT2D eigenvalue weighted by Crippen LogP contribution is -2.55. The fraction of sp³-hybridized carbons (Fsp3) is 0.600. The molecule has 148 valence electrons. The average Bonchev–Trinajstić information content (AvgIpc) is 2.98. The molecule has 2 fully saturated rings. The molecule has 27 heavy (non-hydrogen) atoms. The van der Waals surface area contributed by atoms with Crippen LogP contribution in [0.15, 0.2) is 18.2 Å². The number of hydrogen-bond donors (Lipinski definition) is 2. The molecule has 7 nitrogen and oxygen atoms in total. The number of carbonyl (C=O) groups excluding carboxylic acids is 1. The highest BCUT2D eigenvalue weighted by atomic mass is 16.5. The van der Waals surface area contributed by atoms with E-state index in [2.05, 4.69) is 22.3 Å². The Labute approximate surface area is 159 Å². The SMILES string of the molecule is CCOCc1cc(CN2CCC3(CC2)NC(=O)C[C@@H]3C(=O)O)ccc1OC. The smallest absolute Gasteiger partial charge is 0.309 e. The summed E-state index contributed by atoms with van der Waals surface area (Å²) in [6.45, 7) is 5.44. The van der Waals surface area contributed by atoms with Crippen LogP contribution in [-0.2, 0) is 27.5 Å². The van der Waals surface area contributed by atoms with E-state index < -0.39 is 17.4 Å². The van der Waals surface area contributed by atoms with Crippen molar-refractivity contribution in [3.63, 3.8) is 0 Å². The van der Waals surface area contributed by atoms with Crippen molar-refractivity contribution in [3.05, 3.63) is 29.3 Å². The van der Waals surface area contributed by atoms with Gasteiger partial charge in [-0.05, 0) is 37.5 Å². The molecule has 7 heteroatoms. The Morgan fingerprint density at radius 1 is 1.37 bits per heavy atom. The molecule has 0 aliphatic carbocycles. The van der Waals surface area contributed by atoms with E-state index in [9.17, 15) is 14.7 Å². The lowest BCUT2D eigenvalue weighted by molar-refractivity contribution is -0.144. The highest BCUT2D eigenvalue weighted by Gasteiger charge is 2.51. The molecule has 1 spiro atoms. The Hall–Kier alpha value is -2.12. The number of nitrogens with zero attached hydrogens (tertiary/aromatic N) is 1. The van der Waals surface area contributed by atoms with Crippen LogP contribution in [0.2, 0.25) is 0 Å². The van der Waals surface area contributed by atoms with Crippen molar-refractivity contribution in [2.75, 3.05) is 26.8 Å². The van der Waals surface area contributed by atoms with Gasteiger partial charge in [0.15, 0.2) is 0 Å². The molecule has 2 N–H and O–H groups in total. The minimum atomic E-state index is -0.877. The summed E-state index contributed by atoms with van der Waals surface area (Å²) in [6, 6.07) is 6.12. The van der Waals surface area contributed by atoms with E-state index in [1.807, 2.05) is 13.0 Å². The lowest BCUT2D eigenvalue weighted by atomic mass is 9.77. The van der Waals surface area contributed by atoms with E-state index in [1.165, 1.54) is 5.56 Å². The van der Waals surface area contributed by atoms with E-state index in [-0.39, 0.29) is 12.3 Å². The molecule has 0 unspecified atom stereocenters. The van der Waals surface area contributed by atoms with Gasteiger partial charge < -0.3 is 19.9 Å². The van der Waals surface area contributed by atoms with Crippen molar-refractivity contribution in [2.45, 2.75) is 44.9 Å². The number of piperidine rings is 1. The highest BCUT2D eigenvalue weighted by Crippen LogP contribution is 2.37. The predicted octanol–water partition coefficient (Wildman–Crippen LogP) is 1.79. The zero-order valence-corrected chi connectivity index (χ0v) is 16.0. The van der Waals surface area contributed by atoms with Crippen molar-refractivity contribution < 1.29 is 24.2 Å². The number of nitrogens with one attached hydrogen (secondary N) is 1. The van der Waals surface area contributed by atoms with Crippen LogP contribution in [0.3, 0.4) is 0 Å². The van der Waals surface area contributed by atoms with Gasteiger partial charge in [-0.3, -0.25) is 14.5 Å². The van der Waals surface area contributed by atoms with Gasteiger partial charge in [-0.2, -0.15) is 0 Å². The zero-order chi connectivity index (χ0) is 19.4. The van der Waals surface area contributed by atoms with Crippen LogP contribution < -0.4 is 10.1 Å². The van der Waals surface area contributed by atoms with Crippen molar-refractivity contribution in [1.29, 1.82) is 0 Å². The summed E-state index contributed by atoms with van der Waals surface area (Å²) in [5.74, 6) is -0.821. The molecule has 0 aromatic heterocycles. The summed E-state index contributed by atoms with van der Waals surface area (Å²) in [6.07, 6.45) is 1.42. The van der Waals surface area contributed by atoms with Crippen molar-refractivity contribution in [3.8, 4) is 5.75 Å². The Morgan fingerprint density at radius 3 is 2.74 bits per heavy atom. The number of amides is 1. The van der Waals surface area contributed by atoms with Crippen LogP contribution in [0.5, 0.6) is 5.75 Å². The first kappa shape index (κ1) is 19.6. The number of ether oxygens (including phenoxy) is 2. The van der Waals surface area contributed by atoms with E-state index in [1.54, 1.807) is 7.11 Å². The second kappa shape index (κ2) is 8.27. The van der Waals surface area contributed by atoms with Crippen LogP contribution in [0.25, 0.3) is 0 Å². The molecule has 1 aromatic rings. The minimum absolute atomic E-state index is 0.0919. The minimum Gasteiger partial charge on any atom is -0.496 e. The second-order valence-corrected chi connectivity index (χ2v) is 7.36. The van der Waals surface area contributed by atoms with Gasteiger partial charge in [-0.1, -0.05) is 6.07 Å². The van der Waals surface area contributed by atoms with Crippen molar-refractivity contribution >= 4 is 11.9 Å². The molecule has 2 aliphatic heterocycles. The van der Waals surface area contributed by atoms with Crippen LogP contribution in [-0.4, -0.2) is 54.2 Å². The standard InChI is InChI=1S/C20H28N2O5/c1-3-27-13-15-10-14(4-5-17(15)26-2)12-22-8-6-20(7-9-22)16(19(24)25)11-18(23)21-20/h4-5,10,16H,3,6-9,11-13H2,1-2H3,(H,21,23)(H,24,25)/t16-/m1/s1. The van der Waals surface area contributed by atoms with E-state index in [4.69, 9.17) is 9.47 Å². The largest absolute Gasteiger partial charge is 0.496 e. The predicted molar refractivity (Wildman–Crippen MR) is 99.5 cm³/mol. The number of carboxylic acid groups (broad SMARTS) is 1. The Morgan fingerprint density at radius 2 is 2.11 bits per heavy atom. The number of carbonyl (C=O) groups is 2. The molecule has 2 heterocycles. The topological polar surface area (TPSA) is 88.1 Å². The summed E-state index contributed by atoms with van der Waals surface area (Å²) < 4.78 is 10.9. The molecule has 3 rings (SSSR count). The van der Waals surface area contributed by atoms with Gasteiger partial charge in [0.25, 0.3) is 0 Å². The zero-order valence-electron chi connectivity index (χ0n) is 16.0. The third-order valence-electron chi connectivity index (χ3n) is 5.70. The molecule has 0 saturated carbocycles. The quantitative estimate of drug-likeness (QED) is 0.754. The van der Waals surface area contributed by atoms with Gasteiger partial charge in [0.05, 0.1) is 25.2 Å². The lowest BCUT2D eigenvalue weighted by Gasteiger charge is -2.41. The first-order valence-corrected chi connectivity index (χ1v) is 9.47. The van der Waals surface area contributed by atoms with Gasteiger partial charge in [-0.15, -0.1) is 0 Å². The summed E-state index contributed by atoms with van der Waals surface area (Å²) in [4.78, 5) is 25.6. The Bertz CT molecular complexity index is 698. The third kappa shape index (κ3) is 4.25. The molecular weight excluding hydrogens is 348 g/mol. The molecule has 0 radical (unpaired) electrons. The summed E-state index contributed by atoms with van der Waals surface area (Å²) in [5, 5.41) is 12.4. The number of likely N-dealkylation sites (tertiary alicyclic amines) is 1. The normalized spacial score (nSPS) is 22.0. The maximum absolute atomic E-state index is 11.8. The first-order valence-electron chi connectivity index (χ1n) is 9.47. The molecular formula is C20H28N2O5. The molecule has 1 atom stereocenters. The van der Waals surface area contributed by atoms with Crippen LogP contribution in [0.1, 0.15) is 37.3 Å². The van der Waals surface area contributed by atoms with E-state index in [0.717, 1.165) is 30.9 Å². The highest BCUT2D eigenvalue weighted by molar-refractivity contribution is 5.88. The van der Waals surface area contributed by atoms with Crippen molar-refractivity contribution in [2.24, 2.45) is 5.92 Å².